The summed E-state index contributed by atoms with van der Waals surface area (Å²) in [6.45, 7) is 6.08. The van der Waals surface area contributed by atoms with Crippen LogP contribution in [0.1, 0.15) is 56.1 Å². The Hall–Kier alpha value is -3.86. The molecule has 0 N–H and O–H groups in total. The molecule has 2 amide bonds. The van der Waals surface area contributed by atoms with E-state index in [1.165, 1.54) is 13.2 Å². The standard InChI is InChI=1S/C29H35FN6O4/c1-4-6-25(35-12-11-34(18-27(35)38)26(37)5-2)23-15-19(7-10-31-23)28-21-8-13-40-14-9-24(21)36(33-28)20-16-22(30)29(39-3)32-17-20/h7,10,15-17,25H,4-6,8-9,11-14,18H2,1-3H3. The molecule has 3 aromatic rings. The number of fused-ring (bicyclic) bond motifs is 1. The third kappa shape index (κ3) is 5.42. The molecule has 0 bridgehead atoms. The van der Waals surface area contributed by atoms with Crippen molar-refractivity contribution in [3.63, 3.8) is 0 Å². The van der Waals surface area contributed by atoms with E-state index in [0.29, 0.717) is 51.3 Å². The van der Waals surface area contributed by atoms with Crippen molar-refractivity contribution in [1.29, 1.82) is 0 Å². The number of ether oxygens (including phenoxy) is 2. The summed E-state index contributed by atoms with van der Waals surface area (Å²) < 4.78 is 27.1. The van der Waals surface area contributed by atoms with Gasteiger partial charge in [-0.15, -0.1) is 0 Å². The monoisotopic (exact) mass is 550 g/mol. The number of aromatic nitrogens is 4. The van der Waals surface area contributed by atoms with Crippen molar-refractivity contribution < 1.29 is 23.5 Å². The molecular formula is C29H35FN6O4. The van der Waals surface area contributed by atoms with E-state index in [1.54, 1.807) is 22.0 Å². The SMILES string of the molecule is CCCC(c1cc(-c2nn(-c3cnc(OC)c(F)c3)c3c2CCOCC3)ccn1)N1CCN(C(=O)CC)CC1=O. The summed E-state index contributed by atoms with van der Waals surface area (Å²) in [5.41, 5.74) is 4.94. The predicted octanol–water partition coefficient (Wildman–Crippen LogP) is 3.51. The van der Waals surface area contributed by atoms with E-state index in [4.69, 9.17) is 14.6 Å². The maximum absolute atomic E-state index is 14.6. The smallest absolute Gasteiger partial charge is 0.250 e. The number of piperazine rings is 1. The summed E-state index contributed by atoms with van der Waals surface area (Å²) in [4.78, 5) is 37.6. The lowest BCUT2D eigenvalue weighted by Gasteiger charge is -2.39. The Balaban J connectivity index is 1.51. The molecule has 0 radical (unpaired) electrons. The van der Waals surface area contributed by atoms with Crippen LogP contribution in [0.5, 0.6) is 5.88 Å². The number of methoxy groups -OCH3 is 1. The first-order valence-corrected chi connectivity index (χ1v) is 13.9. The van der Waals surface area contributed by atoms with Crippen molar-refractivity contribution in [1.82, 2.24) is 29.5 Å². The van der Waals surface area contributed by atoms with Crippen molar-refractivity contribution >= 4 is 11.8 Å². The molecule has 1 atom stereocenters. The van der Waals surface area contributed by atoms with E-state index in [2.05, 4.69) is 16.9 Å². The van der Waals surface area contributed by atoms with Gasteiger partial charge in [-0.3, -0.25) is 14.6 Å². The lowest BCUT2D eigenvalue weighted by molar-refractivity contribution is -0.147. The molecule has 3 aromatic heterocycles. The van der Waals surface area contributed by atoms with Gasteiger partial charge in [0.05, 0.1) is 61.9 Å². The quantitative estimate of drug-likeness (QED) is 0.423. The molecule has 40 heavy (non-hydrogen) atoms. The number of pyridine rings is 2. The van der Waals surface area contributed by atoms with E-state index in [1.807, 2.05) is 24.0 Å². The summed E-state index contributed by atoms with van der Waals surface area (Å²) >= 11 is 0. The van der Waals surface area contributed by atoms with Gasteiger partial charge in [0.15, 0.2) is 5.82 Å². The van der Waals surface area contributed by atoms with Crippen LogP contribution in [-0.4, -0.2) is 81.3 Å². The fourth-order valence-electron chi connectivity index (χ4n) is 5.54. The molecule has 0 spiro atoms. The van der Waals surface area contributed by atoms with Gasteiger partial charge in [-0.1, -0.05) is 20.3 Å². The van der Waals surface area contributed by atoms with Crippen molar-refractivity contribution in [3.8, 4) is 22.8 Å². The Labute approximate surface area is 233 Å². The molecule has 212 valence electrons. The van der Waals surface area contributed by atoms with Gasteiger partial charge in [-0.2, -0.15) is 5.10 Å². The number of halogens is 1. The summed E-state index contributed by atoms with van der Waals surface area (Å²) in [6, 6.07) is 5.08. The summed E-state index contributed by atoms with van der Waals surface area (Å²) in [5.74, 6) is -0.703. The van der Waals surface area contributed by atoms with Crippen molar-refractivity contribution in [2.24, 2.45) is 0 Å². The molecular weight excluding hydrogens is 515 g/mol. The minimum absolute atomic E-state index is 0.00707. The second kappa shape index (κ2) is 12.1. The first kappa shape index (κ1) is 27.7. The topological polar surface area (TPSA) is 103 Å². The third-order valence-electron chi connectivity index (χ3n) is 7.55. The van der Waals surface area contributed by atoms with Gasteiger partial charge >= 0.3 is 0 Å². The molecule has 1 fully saturated rings. The van der Waals surface area contributed by atoms with Gasteiger partial charge in [0.2, 0.25) is 17.7 Å². The highest BCUT2D eigenvalue weighted by Crippen LogP contribution is 2.33. The lowest BCUT2D eigenvalue weighted by atomic mass is 9.99. The average Bonchev–Trinajstić information content (AvgIpc) is 3.16. The van der Waals surface area contributed by atoms with Crippen LogP contribution in [0, 0.1) is 5.82 Å². The van der Waals surface area contributed by atoms with Crippen LogP contribution in [-0.2, 0) is 27.2 Å². The fourth-order valence-corrected chi connectivity index (χ4v) is 5.54. The zero-order valence-electron chi connectivity index (χ0n) is 23.2. The molecule has 1 unspecified atom stereocenters. The van der Waals surface area contributed by atoms with Crippen LogP contribution in [0.2, 0.25) is 0 Å². The van der Waals surface area contributed by atoms with Crippen molar-refractivity contribution in [2.45, 2.75) is 52.0 Å². The van der Waals surface area contributed by atoms with E-state index in [0.717, 1.165) is 41.1 Å². The van der Waals surface area contributed by atoms with E-state index >= 15 is 0 Å². The summed E-state index contributed by atoms with van der Waals surface area (Å²) in [5, 5.41) is 4.94. The largest absolute Gasteiger partial charge is 0.479 e. The summed E-state index contributed by atoms with van der Waals surface area (Å²) in [7, 11) is 1.38. The van der Waals surface area contributed by atoms with Gasteiger partial charge in [0, 0.05) is 49.3 Å². The zero-order valence-corrected chi connectivity index (χ0v) is 23.2. The van der Waals surface area contributed by atoms with Gasteiger partial charge in [0.25, 0.3) is 0 Å². The second-order valence-corrected chi connectivity index (χ2v) is 10.0. The van der Waals surface area contributed by atoms with Crippen LogP contribution < -0.4 is 4.74 Å². The van der Waals surface area contributed by atoms with E-state index in [-0.39, 0.29) is 30.3 Å². The van der Waals surface area contributed by atoms with Crippen LogP contribution in [0.15, 0.2) is 30.6 Å². The van der Waals surface area contributed by atoms with Crippen LogP contribution in [0.3, 0.4) is 0 Å². The number of carbonyl (C=O) groups excluding carboxylic acids is 2. The van der Waals surface area contributed by atoms with Crippen LogP contribution in [0.25, 0.3) is 16.9 Å². The number of hydrogen-bond donors (Lipinski definition) is 0. The molecule has 1 saturated heterocycles. The van der Waals surface area contributed by atoms with Gasteiger partial charge in [-0.05, 0) is 25.0 Å². The lowest BCUT2D eigenvalue weighted by Crippen LogP contribution is -2.53. The number of amides is 2. The van der Waals surface area contributed by atoms with Crippen molar-refractivity contribution in [3.05, 3.63) is 53.4 Å². The molecule has 10 nitrogen and oxygen atoms in total. The maximum atomic E-state index is 14.6. The summed E-state index contributed by atoms with van der Waals surface area (Å²) in [6.07, 6.45) is 6.60. The van der Waals surface area contributed by atoms with Gasteiger partial charge in [0.1, 0.15) is 0 Å². The highest BCUT2D eigenvalue weighted by molar-refractivity contribution is 5.86. The van der Waals surface area contributed by atoms with Crippen molar-refractivity contribution in [2.75, 3.05) is 40.0 Å². The molecule has 5 heterocycles. The molecule has 2 aliphatic heterocycles. The number of hydrogen-bond acceptors (Lipinski definition) is 7. The molecule has 11 heteroatoms. The van der Waals surface area contributed by atoms with Gasteiger partial charge < -0.3 is 19.3 Å². The molecule has 0 saturated carbocycles. The minimum Gasteiger partial charge on any atom is -0.479 e. The van der Waals surface area contributed by atoms with E-state index in [9.17, 15) is 14.0 Å². The molecule has 5 rings (SSSR count). The Morgan fingerprint density at radius 3 is 2.73 bits per heavy atom. The highest BCUT2D eigenvalue weighted by Gasteiger charge is 2.33. The fraction of sp³-hybridized carbons (Fsp3) is 0.483. The number of nitrogens with zero attached hydrogens (tertiary/aromatic N) is 6. The minimum atomic E-state index is -0.560. The molecule has 2 aliphatic rings. The van der Waals surface area contributed by atoms with Gasteiger partial charge in [-0.25, -0.2) is 14.1 Å². The Kier molecular flexibility index (Phi) is 8.39. The first-order valence-electron chi connectivity index (χ1n) is 13.9. The molecule has 0 aliphatic carbocycles. The van der Waals surface area contributed by atoms with Crippen LogP contribution >= 0.6 is 0 Å². The average molecular weight is 551 g/mol. The third-order valence-corrected chi connectivity index (χ3v) is 7.55. The Morgan fingerprint density at radius 2 is 2.00 bits per heavy atom. The predicted molar refractivity (Wildman–Crippen MR) is 146 cm³/mol. The first-order chi connectivity index (χ1) is 19.4. The zero-order chi connectivity index (χ0) is 28.2. The number of carbonyl (C=O) groups is 2. The van der Waals surface area contributed by atoms with Crippen LogP contribution in [0.4, 0.5) is 4.39 Å². The second-order valence-electron chi connectivity index (χ2n) is 10.0. The Bertz CT molecular complexity index is 1390. The number of rotatable bonds is 8. The van der Waals surface area contributed by atoms with E-state index < -0.39 is 5.82 Å². The highest BCUT2D eigenvalue weighted by atomic mass is 19.1. The maximum Gasteiger partial charge on any atom is 0.250 e. The molecule has 0 aromatic carbocycles. The normalized spacial score (nSPS) is 16.4. The Morgan fingerprint density at radius 1 is 1.18 bits per heavy atom.